The Hall–Kier alpha value is -1.02. The molecule has 0 aliphatic carbocycles. The molecule has 2 rings (SSSR count). The number of benzene rings is 1. The number of hydrogen-bond donors (Lipinski definition) is 2. The maximum absolute atomic E-state index is 3.60. The number of aryl methyl sites for hydroxylation is 1. The summed E-state index contributed by atoms with van der Waals surface area (Å²) >= 11 is 0. The van der Waals surface area contributed by atoms with Gasteiger partial charge in [-0.05, 0) is 48.9 Å². The summed E-state index contributed by atoms with van der Waals surface area (Å²) in [5.74, 6) is 0. The van der Waals surface area contributed by atoms with Crippen LogP contribution in [-0.4, -0.2) is 19.1 Å². The largest absolute Gasteiger partial charge is 0.383 e. The van der Waals surface area contributed by atoms with Gasteiger partial charge in [-0.3, -0.25) is 0 Å². The number of anilines is 1. The lowest BCUT2D eigenvalue weighted by molar-refractivity contribution is 0.414. The minimum Gasteiger partial charge on any atom is -0.383 e. The first-order valence-corrected chi connectivity index (χ1v) is 7.55. The molecule has 1 fully saturated rings. The third kappa shape index (κ3) is 3.97. The zero-order valence-corrected chi connectivity index (χ0v) is 12.8. The molecule has 2 N–H and O–H groups in total. The molecule has 0 radical (unpaired) electrons. The van der Waals surface area contributed by atoms with Gasteiger partial charge in [0.15, 0.2) is 0 Å². The van der Waals surface area contributed by atoms with Crippen molar-refractivity contribution in [1.82, 2.24) is 5.32 Å². The maximum Gasteiger partial charge on any atom is 0.0370 e. The van der Waals surface area contributed by atoms with E-state index in [2.05, 4.69) is 56.5 Å². The standard InChI is InChI=1S/C17H28N2/c1-13-11-14(17(2,3)4)8-9-16(13)19-12-15-7-5-6-10-18-15/h8-9,11,15,18-19H,5-7,10,12H2,1-4H3. The molecule has 106 valence electrons. The molecule has 0 bridgehead atoms. The van der Waals surface area contributed by atoms with Crippen LogP contribution in [0.2, 0.25) is 0 Å². The highest BCUT2D eigenvalue weighted by Crippen LogP contribution is 2.26. The molecule has 1 aliphatic rings. The molecule has 1 unspecified atom stereocenters. The summed E-state index contributed by atoms with van der Waals surface area (Å²) < 4.78 is 0. The van der Waals surface area contributed by atoms with Gasteiger partial charge in [0.25, 0.3) is 0 Å². The summed E-state index contributed by atoms with van der Waals surface area (Å²) in [5.41, 5.74) is 4.27. The number of hydrogen-bond acceptors (Lipinski definition) is 2. The Morgan fingerprint density at radius 2 is 2.05 bits per heavy atom. The van der Waals surface area contributed by atoms with E-state index in [-0.39, 0.29) is 5.41 Å². The fraction of sp³-hybridized carbons (Fsp3) is 0.647. The molecule has 1 aromatic rings. The quantitative estimate of drug-likeness (QED) is 0.862. The van der Waals surface area contributed by atoms with Crippen LogP contribution in [0.5, 0.6) is 0 Å². The van der Waals surface area contributed by atoms with Gasteiger partial charge in [-0.25, -0.2) is 0 Å². The predicted octanol–water partition coefficient (Wildman–Crippen LogP) is 3.85. The fourth-order valence-corrected chi connectivity index (χ4v) is 2.66. The van der Waals surface area contributed by atoms with Gasteiger partial charge < -0.3 is 10.6 Å². The summed E-state index contributed by atoms with van der Waals surface area (Å²) in [6.07, 6.45) is 3.99. The summed E-state index contributed by atoms with van der Waals surface area (Å²) in [7, 11) is 0. The molecule has 2 nitrogen and oxygen atoms in total. The van der Waals surface area contributed by atoms with E-state index >= 15 is 0 Å². The Labute approximate surface area is 118 Å². The lowest BCUT2D eigenvalue weighted by Crippen LogP contribution is -2.39. The number of nitrogens with one attached hydrogen (secondary N) is 2. The van der Waals surface area contributed by atoms with Crippen molar-refractivity contribution >= 4 is 5.69 Å². The average Bonchev–Trinajstić information content (AvgIpc) is 2.37. The van der Waals surface area contributed by atoms with E-state index in [9.17, 15) is 0 Å². The summed E-state index contributed by atoms with van der Waals surface area (Å²) in [6, 6.07) is 7.44. The van der Waals surface area contributed by atoms with Gasteiger partial charge in [-0.1, -0.05) is 39.3 Å². The molecule has 0 saturated carbocycles. The minimum atomic E-state index is 0.230. The summed E-state index contributed by atoms with van der Waals surface area (Å²) in [6.45, 7) is 11.2. The van der Waals surface area contributed by atoms with E-state index in [1.54, 1.807) is 0 Å². The van der Waals surface area contributed by atoms with Crippen LogP contribution in [0.25, 0.3) is 0 Å². The normalized spacial score (nSPS) is 20.3. The summed E-state index contributed by atoms with van der Waals surface area (Å²) in [4.78, 5) is 0. The Morgan fingerprint density at radius 1 is 1.26 bits per heavy atom. The first-order valence-electron chi connectivity index (χ1n) is 7.55. The van der Waals surface area contributed by atoms with Gasteiger partial charge in [0.05, 0.1) is 0 Å². The van der Waals surface area contributed by atoms with E-state index in [1.165, 1.54) is 42.6 Å². The minimum absolute atomic E-state index is 0.230. The average molecular weight is 260 g/mol. The van der Waals surface area contributed by atoms with Crippen molar-refractivity contribution in [2.24, 2.45) is 0 Å². The van der Waals surface area contributed by atoms with Crippen molar-refractivity contribution in [3.05, 3.63) is 29.3 Å². The van der Waals surface area contributed by atoms with E-state index in [4.69, 9.17) is 0 Å². The Bertz CT molecular complexity index is 412. The van der Waals surface area contributed by atoms with Gasteiger partial charge >= 0.3 is 0 Å². The highest BCUT2D eigenvalue weighted by molar-refractivity contribution is 5.53. The lowest BCUT2D eigenvalue weighted by atomic mass is 9.86. The molecule has 0 spiro atoms. The second-order valence-electron chi connectivity index (χ2n) is 6.81. The zero-order valence-electron chi connectivity index (χ0n) is 12.8. The molecule has 1 aliphatic heterocycles. The molecule has 2 heteroatoms. The van der Waals surface area contributed by atoms with Crippen LogP contribution in [-0.2, 0) is 5.41 Å². The SMILES string of the molecule is Cc1cc(C(C)(C)C)ccc1NCC1CCCCN1. The first kappa shape index (κ1) is 14.4. The van der Waals surface area contributed by atoms with Crippen molar-refractivity contribution in [2.45, 2.75) is 58.4 Å². The predicted molar refractivity (Wildman–Crippen MR) is 84.0 cm³/mol. The van der Waals surface area contributed by atoms with Crippen molar-refractivity contribution in [2.75, 3.05) is 18.4 Å². The Morgan fingerprint density at radius 3 is 2.63 bits per heavy atom. The molecule has 1 aromatic carbocycles. The zero-order chi connectivity index (χ0) is 13.9. The molecular formula is C17H28N2. The van der Waals surface area contributed by atoms with Crippen LogP contribution in [0, 0.1) is 6.92 Å². The molecule has 19 heavy (non-hydrogen) atoms. The third-order valence-electron chi connectivity index (χ3n) is 4.04. The molecule has 0 aromatic heterocycles. The van der Waals surface area contributed by atoms with Crippen LogP contribution >= 0.6 is 0 Å². The van der Waals surface area contributed by atoms with Crippen LogP contribution in [0.1, 0.15) is 51.2 Å². The monoisotopic (exact) mass is 260 g/mol. The van der Waals surface area contributed by atoms with Crippen LogP contribution < -0.4 is 10.6 Å². The van der Waals surface area contributed by atoms with Gasteiger partial charge in [0.2, 0.25) is 0 Å². The molecular weight excluding hydrogens is 232 g/mol. The number of piperidine rings is 1. The number of rotatable bonds is 3. The Kier molecular flexibility index (Phi) is 4.51. The van der Waals surface area contributed by atoms with Crippen molar-refractivity contribution in [3.8, 4) is 0 Å². The smallest absolute Gasteiger partial charge is 0.0370 e. The molecule has 1 heterocycles. The van der Waals surface area contributed by atoms with Gasteiger partial charge in [0.1, 0.15) is 0 Å². The van der Waals surface area contributed by atoms with Crippen molar-refractivity contribution in [1.29, 1.82) is 0 Å². The first-order chi connectivity index (χ1) is 8.97. The fourth-order valence-electron chi connectivity index (χ4n) is 2.66. The second-order valence-corrected chi connectivity index (χ2v) is 6.81. The topological polar surface area (TPSA) is 24.1 Å². The molecule has 0 amide bonds. The van der Waals surface area contributed by atoms with Gasteiger partial charge in [-0.15, -0.1) is 0 Å². The maximum atomic E-state index is 3.60. The lowest BCUT2D eigenvalue weighted by Gasteiger charge is -2.25. The highest BCUT2D eigenvalue weighted by Gasteiger charge is 2.15. The van der Waals surface area contributed by atoms with Crippen LogP contribution in [0.4, 0.5) is 5.69 Å². The second kappa shape index (κ2) is 5.96. The van der Waals surface area contributed by atoms with Crippen molar-refractivity contribution < 1.29 is 0 Å². The highest BCUT2D eigenvalue weighted by atomic mass is 15.0. The third-order valence-corrected chi connectivity index (χ3v) is 4.04. The molecule has 1 saturated heterocycles. The van der Waals surface area contributed by atoms with E-state index < -0.39 is 0 Å². The van der Waals surface area contributed by atoms with Gasteiger partial charge in [-0.2, -0.15) is 0 Å². The van der Waals surface area contributed by atoms with E-state index in [1.807, 2.05) is 0 Å². The van der Waals surface area contributed by atoms with E-state index in [0.29, 0.717) is 6.04 Å². The molecule has 1 atom stereocenters. The Balaban J connectivity index is 1.97. The van der Waals surface area contributed by atoms with Crippen LogP contribution in [0.15, 0.2) is 18.2 Å². The van der Waals surface area contributed by atoms with Crippen molar-refractivity contribution in [3.63, 3.8) is 0 Å². The summed E-state index contributed by atoms with van der Waals surface area (Å²) in [5, 5.41) is 7.18. The van der Waals surface area contributed by atoms with E-state index in [0.717, 1.165) is 6.54 Å². The van der Waals surface area contributed by atoms with Crippen LogP contribution in [0.3, 0.4) is 0 Å². The van der Waals surface area contributed by atoms with Gasteiger partial charge in [0, 0.05) is 18.3 Å².